The molecule has 0 aromatic carbocycles. The lowest BCUT2D eigenvalue weighted by Gasteiger charge is -2.11. The first-order valence-corrected chi connectivity index (χ1v) is 6.50. The first-order valence-electron chi connectivity index (χ1n) is 5.51. The Labute approximate surface area is 101 Å². The summed E-state index contributed by atoms with van der Waals surface area (Å²) in [6.45, 7) is 7.11. The number of aliphatic hydroxyl groups excluding tert-OH is 1. The topological polar surface area (TPSA) is 58.0 Å². The maximum atomic E-state index is 8.82. The van der Waals surface area contributed by atoms with Crippen LogP contribution in [0.1, 0.15) is 24.7 Å². The van der Waals surface area contributed by atoms with Crippen LogP contribution in [0.2, 0.25) is 0 Å². The van der Waals surface area contributed by atoms with E-state index in [0.29, 0.717) is 5.75 Å². The smallest absolute Gasteiger partial charge is 0.133 e. The number of hydrogen-bond donors (Lipinski definition) is 2. The van der Waals surface area contributed by atoms with Crippen LogP contribution in [0.15, 0.2) is 5.03 Å². The number of anilines is 1. The fraction of sp³-hybridized carbons (Fsp3) is 0.636. The largest absolute Gasteiger partial charge is 0.396 e. The van der Waals surface area contributed by atoms with E-state index in [0.717, 1.165) is 35.2 Å². The number of aliphatic hydroxyl groups is 1. The van der Waals surface area contributed by atoms with Gasteiger partial charge in [-0.15, -0.1) is 11.8 Å². The first-order chi connectivity index (χ1) is 7.69. The number of aryl methyl sites for hydroxylation is 1. The average Bonchev–Trinajstić information content (AvgIpc) is 2.28. The molecule has 90 valence electrons. The molecular weight excluding hydrogens is 222 g/mol. The molecule has 0 aliphatic carbocycles. The van der Waals surface area contributed by atoms with Crippen LogP contribution in [0.3, 0.4) is 0 Å². The van der Waals surface area contributed by atoms with Gasteiger partial charge in [0.2, 0.25) is 0 Å². The number of thioether (sulfide) groups is 1. The summed E-state index contributed by atoms with van der Waals surface area (Å²) in [5, 5.41) is 13.1. The maximum Gasteiger partial charge on any atom is 0.133 e. The average molecular weight is 241 g/mol. The van der Waals surface area contributed by atoms with E-state index >= 15 is 0 Å². The van der Waals surface area contributed by atoms with E-state index in [4.69, 9.17) is 5.11 Å². The van der Waals surface area contributed by atoms with Crippen LogP contribution in [-0.4, -0.2) is 34.0 Å². The van der Waals surface area contributed by atoms with Crippen molar-refractivity contribution in [2.24, 2.45) is 0 Å². The molecule has 0 bridgehead atoms. The van der Waals surface area contributed by atoms with Crippen molar-refractivity contribution in [2.75, 3.05) is 24.2 Å². The first kappa shape index (κ1) is 13.3. The van der Waals surface area contributed by atoms with Crippen LogP contribution in [0.5, 0.6) is 0 Å². The third-order valence-corrected chi connectivity index (χ3v) is 3.14. The van der Waals surface area contributed by atoms with E-state index in [-0.39, 0.29) is 6.61 Å². The van der Waals surface area contributed by atoms with Gasteiger partial charge in [0, 0.05) is 17.9 Å². The Bertz CT molecular complexity index is 315. The van der Waals surface area contributed by atoms with Crippen LogP contribution >= 0.6 is 11.8 Å². The Hall–Kier alpha value is -0.810. The minimum absolute atomic E-state index is 0.172. The van der Waals surface area contributed by atoms with Crippen molar-refractivity contribution in [3.05, 3.63) is 11.4 Å². The summed E-state index contributed by atoms with van der Waals surface area (Å²) in [5.74, 6) is 2.35. The molecule has 0 aliphatic heterocycles. The highest BCUT2D eigenvalue weighted by Crippen LogP contribution is 2.24. The predicted octanol–water partition coefficient (Wildman–Crippen LogP) is 2.00. The van der Waals surface area contributed by atoms with E-state index in [9.17, 15) is 0 Å². The SMILES string of the molecule is CCCNc1nc(C)nc(SCCO)c1C. The molecular formula is C11H19N3OS. The summed E-state index contributed by atoms with van der Waals surface area (Å²) in [6, 6.07) is 0. The van der Waals surface area contributed by atoms with Gasteiger partial charge < -0.3 is 10.4 Å². The van der Waals surface area contributed by atoms with Gasteiger partial charge in [-0.25, -0.2) is 9.97 Å². The predicted molar refractivity (Wildman–Crippen MR) is 68.1 cm³/mol. The summed E-state index contributed by atoms with van der Waals surface area (Å²) < 4.78 is 0. The van der Waals surface area contributed by atoms with Gasteiger partial charge >= 0.3 is 0 Å². The number of nitrogens with one attached hydrogen (secondary N) is 1. The van der Waals surface area contributed by atoms with Crippen molar-refractivity contribution >= 4 is 17.6 Å². The Morgan fingerprint density at radius 2 is 2.06 bits per heavy atom. The third kappa shape index (κ3) is 3.64. The molecule has 1 rings (SSSR count). The molecule has 0 aliphatic rings. The third-order valence-electron chi connectivity index (χ3n) is 2.09. The molecule has 2 N–H and O–H groups in total. The second-order valence-electron chi connectivity index (χ2n) is 3.55. The number of aromatic nitrogens is 2. The molecule has 0 fully saturated rings. The molecule has 0 spiro atoms. The van der Waals surface area contributed by atoms with Gasteiger partial charge in [-0.05, 0) is 20.3 Å². The van der Waals surface area contributed by atoms with Crippen LogP contribution in [0.25, 0.3) is 0 Å². The molecule has 1 aromatic heterocycles. The van der Waals surface area contributed by atoms with Crippen LogP contribution in [0.4, 0.5) is 5.82 Å². The molecule has 4 nitrogen and oxygen atoms in total. The van der Waals surface area contributed by atoms with Gasteiger partial charge in [0.15, 0.2) is 0 Å². The molecule has 0 saturated heterocycles. The van der Waals surface area contributed by atoms with Gasteiger partial charge in [-0.3, -0.25) is 0 Å². The van der Waals surface area contributed by atoms with Crippen LogP contribution in [-0.2, 0) is 0 Å². The maximum absolute atomic E-state index is 8.82. The summed E-state index contributed by atoms with van der Waals surface area (Å²) in [6.07, 6.45) is 1.07. The molecule has 1 heterocycles. The molecule has 1 aromatic rings. The van der Waals surface area contributed by atoms with Gasteiger partial charge in [-0.1, -0.05) is 6.92 Å². The normalized spacial score (nSPS) is 10.5. The highest BCUT2D eigenvalue weighted by atomic mass is 32.2. The molecule has 5 heteroatoms. The number of rotatable bonds is 6. The minimum Gasteiger partial charge on any atom is -0.396 e. The molecule has 0 atom stereocenters. The number of hydrogen-bond acceptors (Lipinski definition) is 5. The zero-order valence-corrected chi connectivity index (χ0v) is 10.9. The molecule has 0 unspecified atom stereocenters. The summed E-state index contributed by atoms with van der Waals surface area (Å²) in [5.41, 5.74) is 1.07. The van der Waals surface area contributed by atoms with E-state index < -0.39 is 0 Å². The second kappa shape index (κ2) is 6.70. The molecule has 16 heavy (non-hydrogen) atoms. The zero-order valence-electron chi connectivity index (χ0n) is 10.1. The van der Waals surface area contributed by atoms with Crippen LogP contribution < -0.4 is 5.32 Å². The van der Waals surface area contributed by atoms with E-state index in [1.165, 1.54) is 0 Å². The lowest BCUT2D eigenvalue weighted by Crippen LogP contribution is -2.07. The standard InChI is InChI=1S/C11H19N3OS/c1-4-5-12-10-8(2)11(16-7-6-15)14-9(3)13-10/h15H,4-7H2,1-3H3,(H,12,13,14). The fourth-order valence-corrected chi connectivity index (χ4v) is 2.10. The highest BCUT2D eigenvalue weighted by molar-refractivity contribution is 7.99. The van der Waals surface area contributed by atoms with Crippen molar-refractivity contribution in [1.82, 2.24) is 9.97 Å². The van der Waals surface area contributed by atoms with Crippen molar-refractivity contribution in [3.8, 4) is 0 Å². The highest BCUT2D eigenvalue weighted by Gasteiger charge is 2.08. The Balaban J connectivity index is 2.86. The van der Waals surface area contributed by atoms with Gasteiger partial charge in [0.25, 0.3) is 0 Å². The minimum atomic E-state index is 0.172. The second-order valence-corrected chi connectivity index (χ2v) is 4.63. The molecule has 0 radical (unpaired) electrons. The fourth-order valence-electron chi connectivity index (χ4n) is 1.30. The van der Waals surface area contributed by atoms with Crippen molar-refractivity contribution in [3.63, 3.8) is 0 Å². The summed E-state index contributed by atoms with van der Waals surface area (Å²) in [4.78, 5) is 8.76. The zero-order chi connectivity index (χ0) is 12.0. The van der Waals surface area contributed by atoms with E-state index in [2.05, 4.69) is 22.2 Å². The summed E-state index contributed by atoms with van der Waals surface area (Å²) in [7, 11) is 0. The van der Waals surface area contributed by atoms with Gasteiger partial charge in [0.05, 0.1) is 6.61 Å². The lowest BCUT2D eigenvalue weighted by molar-refractivity contribution is 0.322. The lowest BCUT2D eigenvalue weighted by atomic mass is 10.3. The van der Waals surface area contributed by atoms with Crippen molar-refractivity contribution < 1.29 is 5.11 Å². The van der Waals surface area contributed by atoms with Gasteiger partial charge in [-0.2, -0.15) is 0 Å². The summed E-state index contributed by atoms with van der Waals surface area (Å²) >= 11 is 1.57. The number of nitrogens with zero attached hydrogens (tertiary/aromatic N) is 2. The van der Waals surface area contributed by atoms with E-state index in [1.807, 2.05) is 13.8 Å². The van der Waals surface area contributed by atoms with E-state index in [1.54, 1.807) is 11.8 Å². The van der Waals surface area contributed by atoms with Crippen molar-refractivity contribution in [1.29, 1.82) is 0 Å². The quantitative estimate of drug-likeness (QED) is 0.589. The van der Waals surface area contributed by atoms with Gasteiger partial charge in [0.1, 0.15) is 16.7 Å². The Kier molecular flexibility index (Phi) is 5.55. The monoisotopic (exact) mass is 241 g/mol. The Morgan fingerprint density at radius 1 is 1.31 bits per heavy atom. The molecule has 0 amide bonds. The molecule has 0 saturated carbocycles. The Morgan fingerprint density at radius 3 is 2.69 bits per heavy atom. The van der Waals surface area contributed by atoms with Crippen LogP contribution in [0, 0.1) is 13.8 Å². The van der Waals surface area contributed by atoms with Crippen molar-refractivity contribution in [2.45, 2.75) is 32.2 Å².